The fourth-order valence-electron chi connectivity index (χ4n) is 0.591. The van der Waals surface area contributed by atoms with E-state index in [1.807, 2.05) is 0 Å². The summed E-state index contributed by atoms with van der Waals surface area (Å²) in [5.41, 5.74) is 10.5. The minimum atomic E-state index is -1.88. The van der Waals surface area contributed by atoms with Crippen LogP contribution in [0.25, 0.3) is 0 Å². The van der Waals surface area contributed by atoms with Gasteiger partial charge >= 0.3 is 0 Å². The summed E-state index contributed by atoms with van der Waals surface area (Å²) in [7, 11) is 0. The Morgan fingerprint density at radius 1 is 1.45 bits per heavy atom. The van der Waals surface area contributed by atoms with E-state index in [1.54, 1.807) is 0 Å². The first kappa shape index (κ1) is 13.9. The van der Waals surface area contributed by atoms with Gasteiger partial charge in [0.05, 0.1) is 0 Å². The first-order valence-corrected chi connectivity index (χ1v) is 4.40. The van der Waals surface area contributed by atoms with Crippen molar-refractivity contribution in [2.45, 2.75) is 24.6 Å². The molecule has 0 saturated carbocycles. The average Bonchev–Trinajstić information content (AvgIpc) is 1.88. The van der Waals surface area contributed by atoms with E-state index < -0.39 is 16.5 Å². The van der Waals surface area contributed by atoms with E-state index in [-0.39, 0.29) is 12.4 Å². The number of nitrogens with two attached hydrogens (primary N) is 2. The molecule has 0 heterocycles. The van der Waals surface area contributed by atoms with Gasteiger partial charge < -0.3 is 16.0 Å². The molecule has 70 valence electrons. The number of unbranched alkanes of at least 4 members (excludes halogenated alkanes) is 1. The van der Waals surface area contributed by atoms with Crippen molar-refractivity contribution in [3.05, 3.63) is 0 Å². The lowest BCUT2D eigenvalue weighted by Gasteiger charge is -2.04. The van der Waals surface area contributed by atoms with Gasteiger partial charge in [0.1, 0.15) is 5.37 Å². The van der Waals surface area contributed by atoms with Crippen LogP contribution in [0, 0.1) is 0 Å². The summed E-state index contributed by atoms with van der Waals surface area (Å²) >= 11 is -1.88. The molecule has 6 heteroatoms. The molecule has 11 heavy (non-hydrogen) atoms. The van der Waals surface area contributed by atoms with E-state index in [9.17, 15) is 4.21 Å². The van der Waals surface area contributed by atoms with Crippen molar-refractivity contribution in [2.24, 2.45) is 11.5 Å². The second-order valence-electron chi connectivity index (χ2n) is 2.10. The third-order valence-electron chi connectivity index (χ3n) is 1.20. The van der Waals surface area contributed by atoms with Gasteiger partial charge in [-0.3, -0.25) is 0 Å². The van der Waals surface area contributed by atoms with Gasteiger partial charge in [0.2, 0.25) is 0 Å². The Labute approximate surface area is 75.4 Å². The summed E-state index contributed by atoms with van der Waals surface area (Å²) in [5, 5.41) is -0.605. The lowest BCUT2D eigenvalue weighted by Crippen LogP contribution is -2.25. The number of rotatable bonds is 5. The number of hydrogen-bond acceptors (Lipinski definition) is 3. The highest BCUT2D eigenvalue weighted by Crippen LogP contribution is 1.99. The Morgan fingerprint density at radius 2 is 2.00 bits per heavy atom. The molecule has 0 amide bonds. The molecule has 0 aromatic carbocycles. The van der Waals surface area contributed by atoms with Crippen LogP contribution in [0.1, 0.15) is 19.3 Å². The molecule has 0 rings (SSSR count). The SMILES string of the molecule is Cl.NCCCCC(N)S(=O)O. The zero-order valence-corrected chi connectivity index (χ0v) is 7.87. The largest absolute Gasteiger partial charge is 0.330 e. The molecule has 2 atom stereocenters. The summed E-state index contributed by atoms with van der Waals surface area (Å²) in [5.74, 6) is 0. The maximum absolute atomic E-state index is 10.2. The van der Waals surface area contributed by atoms with Crippen LogP contribution in [0.3, 0.4) is 0 Å². The van der Waals surface area contributed by atoms with Crippen molar-refractivity contribution in [2.75, 3.05) is 6.54 Å². The monoisotopic (exact) mass is 202 g/mol. The summed E-state index contributed by atoms with van der Waals surface area (Å²) in [6.45, 7) is 0.616. The second-order valence-corrected chi connectivity index (χ2v) is 3.26. The fourth-order valence-corrected chi connectivity index (χ4v) is 0.959. The number of halogens is 1. The smallest absolute Gasteiger partial charge is 0.170 e. The molecule has 0 aliphatic rings. The van der Waals surface area contributed by atoms with Crippen molar-refractivity contribution < 1.29 is 8.76 Å². The highest BCUT2D eigenvalue weighted by Gasteiger charge is 2.06. The first-order valence-electron chi connectivity index (χ1n) is 3.23. The minimum absolute atomic E-state index is 0. The van der Waals surface area contributed by atoms with E-state index in [4.69, 9.17) is 16.0 Å². The zero-order chi connectivity index (χ0) is 7.98. The number of hydrogen-bond donors (Lipinski definition) is 3. The predicted octanol–water partition coefficient (Wildman–Crippen LogP) is 0.0437. The second kappa shape index (κ2) is 8.42. The topological polar surface area (TPSA) is 89.3 Å². The average molecular weight is 203 g/mol. The summed E-state index contributed by atoms with van der Waals surface area (Å²) in [6.07, 6.45) is 2.26. The van der Waals surface area contributed by atoms with Crippen LogP contribution in [0.15, 0.2) is 0 Å². The summed E-state index contributed by atoms with van der Waals surface area (Å²) in [4.78, 5) is 0. The van der Waals surface area contributed by atoms with Gasteiger partial charge in [0.25, 0.3) is 0 Å². The fraction of sp³-hybridized carbons (Fsp3) is 1.00. The molecular formula is C5H15ClN2O2S. The van der Waals surface area contributed by atoms with Gasteiger partial charge in [-0.25, -0.2) is 4.21 Å². The summed E-state index contributed by atoms with van der Waals surface area (Å²) in [6, 6.07) is 0. The van der Waals surface area contributed by atoms with E-state index >= 15 is 0 Å². The highest BCUT2D eigenvalue weighted by molar-refractivity contribution is 7.79. The van der Waals surface area contributed by atoms with Gasteiger partial charge in [-0.2, -0.15) is 0 Å². The molecule has 0 bridgehead atoms. The maximum atomic E-state index is 10.2. The van der Waals surface area contributed by atoms with Crippen LogP contribution in [0.4, 0.5) is 0 Å². The highest BCUT2D eigenvalue weighted by atomic mass is 35.5. The normalized spacial score (nSPS) is 15.2. The van der Waals surface area contributed by atoms with Gasteiger partial charge in [-0.1, -0.05) is 0 Å². The van der Waals surface area contributed by atoms with E-state index in [1.165, 1.54) is 0 Å². The van der Waals surface area contributed by atoms with Gasteiger partial charge in [-0.15, -0.1) is 12.4 Å². The van der Waals surface area contributed by atoms with Crippen molar-refractivity contribution in [1.82, 2.24) is 0 Å². The van der Waals surface area contributed by atoms with Gasteiger partial charge in [0.15, 0.2) is 11.1 Å². The molecule has 0 saturated heterocycles. The molecule has 0 aromatic rings. The Morgan fingerprint density at radius 3 is 2.36 bits per heavy atom. The Balaban J connectivity index is 0. The zero-order valence-electron chi connectivity index (χ0n) is 6.23. The molecule has 5 N–H and O–H groups in total. The molecular weight excluding hydrogens is 188 g/mol. The van der Waals surface area contributed by atoms with Crippen molar-refractivity contribution in [1.29, 1.82) is 0 Å². The standard InChI is InChI=1S/C5H14N2O2S.ClH/c6-4-2-1-3-5(7)10(8)9;/h5H,1-4,6-7H2,(H,8,9);1H. The molecule has 0 radical (unpaired) electrons. The quantitative estimate of drug-likeness (QED) is 0.434. The van der Waals surface area contributed by atoms with Crippen LogP contribution >= 0.6 is 12.4 Å². The predicted molar refractivity (Wildman–Crippen MR) is 48.9 cm³/mol. The molecule has 0 aromatic heterocycles. The van der Waals surface area contributed by atoms with Crippen LogP contribution in [0.5, 0.6) is 0 Å². The van der Waals surface area contributed by atoms with Crippen molar-refractivity contribution in [3.8, 4) is 0 Å². The summed E-state index contributed by atoms with van der Waals surface area (Å²) < 4.78 is 18.7. The third kappa shape index (κ3) is 8.22. The van der Waals surface area contributed by atoms with Crippen molar-refractivity contribution >= 4 is 23.5 Å². The molecule has 0 aliphatic carbocycles. The van der Waals surface area contributed by atoms with Gasteiger partial charge in [-0.05, 0) is 25.8 Å². The Hall–Kier alpha value is 0.320. The Kier molecular flexibility index (Phi) is 10.6. The van der Waals surface area contributed by atoms with E-state index in [0.717, 1.165) is 12.8 Å². The van der Waals surface area contributed by atoms with Crippen LogP contribution in [-0.2, 0) is 11.1 Å². The van der Waals surface area contributed by atoms with E-state index in [2.05, 4.69) is 0 Å². The van der Waals surface area contributed by atoms with E-state index in [0.29, 0.717) is 13.0 Å². The molecule has 2 unspecified atom stereocenters. The van der Waals surface area contributed by atoms with Crippen molar-refractivity contribution in [3.63, 3.8) is 0 Å². The Bertz CT molecular complexity index is 115. The third-order valence-corrected chi connectivity index (χ3v) is 1.96. The lowest BCUT2D eigenvalue weighted by atomic mass is 10.2. The van der Waals surface area contributed by atoms with Crippen LogP contribution < -0.4 is 11.5 Å². The molecule has 4 nitrogen and oxygen atoms in total. The van der Waals surface area contributed by atoms with Crippen LogP contribution in [-0.4, -0.2) is 20.7 Å². The van der Waals surface area contributed by atoms with Crippen LogP contribution in [0.2, 0.25) is 0 Å². The molecule has 0 spiro atoms. The van der Waals surface area contributed by atoms with Gasteiger partial charge in [0, 0.05) is 0 Å². The first-order chi connectivity index (χ1) is 4.68. The minimum Gasteiger partial charge on any atom is -0.330 e. The molecule has 0 fully saturated rings. The lowest BCUT2D eigenvalue weighted by molar-refractivity contribution is 0.535. The maximum Gasteiger partial charge on any atom is 0.170 e. The molecule has 0 aliphatic heterocycles.